The molecule has 0 atom stereocenters. The third kappa shape index (κ3) is 5.23. The molecule has 1 aliphatic rings. The van der Waals surface area contributed by atoms with E-state index in [9.17, 15) is 18.0 Å². The van der Waals surface area contributed by atoms with E-state index in [4.69, 9.17) is 0 Å². The fourth-order valence-electron chi connectivity index (χ4n) is 2.69. The van der Waals surface area contributed by atoms with Crippen molar-refractivity contribution in [3.8, 4) is 0 Å². The zero-order valence-electron chi connectivity index (χ0n) is 13.2. The fraction of sp³-hybridized carbons (Fsp3) is 0.733. The van der Waals surface area contributed by atoms with Crippen molar-refractivity contribution in [1.29, 1.82) is 0 Å². The van der Waals surface area contributed by atoms with E-state index in [2.05, 4.69) is 22.0 Å². The molecule has 0 aliphatic carbocycles. The smallest absolute Gasteiger partial charge is 0.361 e. The molecule has 1 fully saturated rings. The van der Waals surface area contributed by atoms with Gasteiger partial charge in [0.1, 0.15) is 0 Å². The van der Waals surface area contributed by atoms with E-state index in [0.717, 1.165) is 35.7 Å². The van der Waals surface area contributed by atoms with Gasteiger partial charge in [0.25, 0.3) is 0 Å². The van der Waals surface area contributed by atoms with Crippen LogP contribution in [0.2, 0.25) is 0 Å². The average molecular weight is 333 g/mol. The first kappa shape index (κ1) is 17.8. The number of H-pyrrole nitrogens is 1. The van der Waals surface area contributed by atoms with E-state index in [0.29, 0.717) is 12.8 Å². The number of hydroxylamine groups is 2. The Morgan fingerprint density at radius 2 is 2.09 bits per heavy atom. The predicted molar refractivity (Wildman–Crippen MR) is 77.5 cm³/mol. The largest absolute Gasteiger partial charge is 0.492 e. The second-order valence-electron chi connectivity index (χ2n) is 5.85. The number of halogens is 3. The minimum atomic E-state index is -4.95. The molecule has 0 aromatic carbocycles. The number of carbonyl (C=O) groups is 1. The minimum absolute atomic E-state index is 0.187. The van der Waals surface area contributed by atoms with Crippen molar-refractivity contribution in [3.63, 3.8) is 0 Å². The summed E-state index contributed by atoms with van der Waals surface area (Å²) in [5.41, 5.74) is 2.04. The van der Waals surface area contributed by atoms with Gasteiger partial charge in [-0.2, -0.15) is 18.3 Å². The first-order chi connectivity index (χ1) is 10.9. The monoisotopic (exact) mass is 333 g/mol. The topological polar surface area (TPSA) is 58.2 Å². The van der Waals surface area contributed by atoms with E-state index >= 15 is 0 Å². The van der Waals surface area contributed by atoms with Gasteiger partial charge in [0.2, 0.25) is 0 Å². The van der Waals surface area contributed by atoms with Gasteiger partial charge in [-0.15, -0.1) is 5.06 Å². The van der Waals surface area contributed by atoms with Crippen molar-refractivity contribution in [2.45, 2.75) is 57.5 Å². The molecule has 0 spiro atoms. The maximum atomic E-state index is 12.2. The van der Waals surface area contributed by atoms with Gasteiger partial charge in [-0.3, -0.25) is 5.10 Å². The highest BCUT2D eigenvalue weighted by Gasteiger charge is 2.43. The number of aromatic amines is 1. The Hall–Kier alpha value is -1.57. The number of nitrogens with zero attached hydrogens (tertiary/aromatic N) is 2. The molecule has 5 nitrogen and oxygen atoms in total. The van der Waals surface area contributed by atoms with Gasteiger partial charge in [-0.1, -0.05) is 19.8 Å². The Morgan fingerprint density at radius 1 is 1.39 bits per heavy atom. The second kappa shape index (κ2) is 7.81. The molecular weight excluding hydrogens is 311 g/mol. The molecule has 1 N–H and O–H groups in total. The molecular formula is C15H22F3N3O2. The van der Waals surface area contributed by atoms with E-state index < -0.39 is 12.1 Å². The van der Waals surface area contributed by atoms with E-state index in [-0.39, 0.29) is 19.0 Å². The van der Waals surface area contributed by atoms with E-state index in [1.165, 1.54) is 6.42 Å². The SMILES string of the molecule is CCCCCc1cc(C2CCN(OC(=O)C(F)(F)F)CC2)n[nH]1. The van der Waals surface area contributed by atoms with Gasteiger partial charge in [0, 0.05) is 24.7 Å². The van der Waals surface area contributed by atoms with Crippen molar-refractivity contribution in [3.05, 3.63) is 17.5 Å². The Labute approximate surface area is 133 Å². The number of aryl methyl sites for hydroxylation is 1. The normalized spacial score (nSPS) is 17.4. The Kier molecular flexibility index (Phi) is 6.04. The Bertz CT molecular complexity index is 508. The van der Waals surface area contributed by atoms with Crippen LogP contribution >= 0.6 is 0 Å². The number of alkyl halides is 3. The van der Waals surface area contributed by atoms with Gasteiger partial charge >= 0.3 is 12.1 Å². The lowest BCUT2D eigenvalue weighted by Crippen LogP contribution is -2.39. The van der Waals surface area contributed by atoms with Gasteiger partial charge in [0.15, 0.2) is 0 Å². The summed E-state index contributed by atoms with van der Waals surface area (Å²) in [7, 11) is 0. The number of aromatic nitrogens is 2. The van der Waals surface area contributed by atoms with Crippen molar-refractivity contribution in [2.75, 3.05) is 13.1 Å². The van der Waals surface area contributed by atoms with Crippen LogP contribution in [0.5, 0.6) is 0 Å². The number of hydrogen-bond donors (Lipinski definition) is 1. The lowest BCUT2D eigenvalue weighted by molar-refractivity contribution is -0.241. The highest BCUT2D eigenvalue weighted by atomic mass is 19.4. The number of hydrogen-bond acceptors (Lipinski definition) is 4. The number of nitrogens with one attached hydrogen (secondary N) is 1. The molecule has 1 aromatic heterocycles. The van der Waals surface area contributed by atoms with Crippen LogP contribution < -0.4 is 0 Å². The molecule has 1 aromatic rings. The van der Waals surface area contributed by atoms with Gasteiger partial charge in [0.05, 0.1) is 5.69 Å². The summed E-state index contributed by atoms with van der Waals surface area (Å²) in [6.45, 7) is 2.72. The van der Waals surface area contributed by atoms with Crippen LogP contribution in [0.15, 0.2) is 6.07 Å². The van der Waals surface area contributed by atoms with Crippen molar-refractivity contribution in [1.82, 2.24) is 15.3 Å². The number of piperidine rings is 1. The third-order valence-corrected chi connectivity index (χ3v) is 4.02. The molecule has 0 radical (unpaired) electrons. The van der Waals surface area contributed by atoms with Crippen LogP contribution in [0.25, 0.3) is 0 Å². The van der Waals surface area contributed by atoms with Gasteiger partial charge < -0.3 is 4.84 Å². The summed E-state index contributed by atoms with van der Waals surface area (Å²) in [6, 6.07) is 2.04. The van der Waals surface area contributed by atoms with Crippen molar-refractivity contribution in [2.24, 2.45) is 0 Å². The zero-order valence-corrected chi connectivity index (χ0v) is 13.2. The Morgan fingerprint density at radius 3 is 2.70 bits per heavy atom. The van der Waals surface area contributed by atoms with E-state index in [1.54, 1.807) is 0 Å². The molecule has 8 heteroatoms. The van der Waals surface area contributed by atoms with Crippen LogP contribution in [-0.2, 0) is 16.1 Å². The fourth-order valence-corrected chi connectivity index (χ4v) is 2.69. The quantitative estimate of drug-likeness (QED) is 0.811. The maximum absolute atomic E-state index is 12.2. The summed E-state index contributed by atoms with van der Waals surface area (Å²) in [4.78, 5) is 15.2. The number of carbonyl (C=O) groups excluding carboxylic acids is 1. The summed E-state index contributed by atoms with van der Waals surface area (Å²) in [5, 5.41) is 8.42. The average Bonchev–Trinajstić information content (AvgIpc) is 2.96. The highest BCUT2D eigenvalue weighted by Crippen LogP contribution is 2.28. The molecule has 2 rings (SSSR count). The summed E-state index contributed by atoms with van der Waals surface area (Å²) < 4.78 is 36.5. The molecule has 1 aliphatic heterocycles. The van der Waals surface area contributed by atoms with Crippen molar-refractivity contribution < 1.29 is 22.8 Å². The summed E-state index contributed by atoms with van der Waals surface area (Å²) in [5.74, 6) is -1.97. The number of unbranched alkanes of at least 4 members (excludes halogenated alkanes) is 2. The highest BCUT2D eigenvalue weighted by molar-refractivity contribution is 5.75. The van der Waals surface area contributed by atoms with Crippen LogP contribution in [0.4, 0.5) is 13.2 Å². The summed E-state index contributed by atoms with van der Waals surface area (Å²) >= 11 is 0. The second-order valence-corrected chi connectivity index (χ2v) is 5.85. The molecule has 0 bridgehead atoms. The summed E-state index contributed by atoms with van der Waals surface area (Å²) in [6.07, 6.45) is 0.696. The van der Waals surface area contributed by atoms with Crippen LogP contribution in [0.1, 0.15) is 56.3 Å². The van der Waals surface area contributed by atoms with Crippen LogP contribution in [-0.4, -0.2) is 40.5 Å². The first-order valence-electron chi connectivity index (χ1n) is 7.98. The predicted octanol–water partition coefficient (Wildman–Crippen LogP) is 3.34. The van der Waals surface area contributed by atoms with Gasteiger partial charge in [-0.05, 0) is 31.7 Å². The molecule has 2 heterocycles. The molecule has 1 saturated heterocycles. The molecule has 0 saturated carbocycles. The standard InChI is InChI=1S/C15H22F3N3O2/c1-2-3-4-5-12-10-13(20-19-12)11-6-8-21(9-7-11)23-14(22)15(16,17)18/h10-11H,2-9H2,1H3,(H,19,20). The minimum Gasteiger partial charge on any atom is -0.361 e. The lowest BCUT2D eigenvalue weighted by Gasteiger charge is -2.29. The van der Waals surface area contributed by atoms with Gasteiger partial charge in [-0.25, -0.2) is 4.79 Å². The molecule has 23 heavy (non-hydrogen) atoms. The first-order valence-corrected chi connectivity index (χ1v) is 7.98. The van der Waals surface area contributed by atoms with Crippen LogP contribution in [0.3, 0.4) is 0 Å². The maximum Gasteiger partial charge on any atom is 0.492 e. The molecule has 0 amide bonds. The van der Waals surface area contributed by atoms with E-state index in [1.807, 2.05) is 6.07 Å². The van der Waals surface area contributed by atoms with Crippen LogP contribution in [0, 0.1) is 0 Å². The molecule has 130 valence electrons. The zero-order chi connectivity index (χ0) is 16.9. The third-order valence-electron chi connectivity index (χ3n) is 4.02. The Balaban J connectivity index is 1.79. The number of rotatable bonds is 6. The molecule has 0 unspecified atom stereocenters. The van der Waals surface area contributed by atoms with Crippen molar-refractivity contribution >= 4 is 5.97 Å². The lowest BCUT2D eigenvalue weighted by atomic mass is 9.94.